The molecule has 6 nitrogen and oxygen atoms in total. The summed E-state index contributed by atoms with van der Waals surface area (Å²) in [6.07, 6.45) is -0.497. The maximum Gasteiger partial charge on any atom is 0.142 e. The molecule has 0 saturated carbocycles. The van der Waals surface area contributed by atoms with Crippen LogP contribution in [0.1, 0.15) is 29.0 Å². The fourth-order valence-electron chi connectivity index (χ4n) is 8.88. The van der Waals surface area contributed by atoms with Gasteiger partial charge in [0.15, 0.2) is 0 Å². The Labute approximate surface area is 327 Å². The maximum atomic E-state index is 6.80. The number of fused-ring (bicyclic) bond motifs is 9. The first-order chi connectivity index (χ1) is 28.2. The van der Waals surface area contributed by atoms with Crippen molar-refractivity contribution >= 4 is 71.5 Å². The number of benzene rings is 8. The van der Waals surface area contributed by atoms with E-state index < -0.39 is 0 Å². The second-order valence-corrected chi connectivity index (χ2v) is 14.8. The number of hydrogen-bond acceptors (Lipinski definition) is 5. The van der Waals surface area contributed by atoms with Crippen LogP contribution >= 0.6 is 0 Å². The van der Waals surface area contributed by atoms with Crippen LogP contribution in [-0.4, -0.2) is 10.4 Å². The van der Waals surface area contributed by atoms with E-state index in [2.05, 4.69) is 173 Å². The number of furan rings is 2. The third-order valence-electron chi connectivity index (χ3n) is 11.5. The SMILES string of the molecule is c1ccc(C2=NC(c3cccc4c3oc3cccc(-c5ccc6oc7ccc(-n8c9ccccc9c9ccccc98)cc7c6c5)c34)NC(c3ccccc3)N2)cc1. The number of nitrogens with zero attached hydrogens (tertiary/aromatic N) is 2. The molecule has 0 aliphatic carbocycles. The number of aliphatic imine (C=N–C) groups is 1. The highest BCUT2D eigenvalue weighted by Crippen LogP contribution is 2.42. The summed E-state index contributed by atoms with van der Waals surface area (Å²) in [6.45, 7) is 0. The summed E-state index contributed by atoms with van der Waals surface area (Å²) < 4.78 is 15.6. The lowest BCUT2D eigenvalue weighted by Crippen LogP contribution is -2.44. The molecule has 57 heavy (non-hydrogen) atoms. The molecule has 270 valence electrons. The molecule has 0 saturated heterocycles. The molecule has 0 amide bonds. The Morgan fingerprint density at radius 2 is 1.16 bits per heavy atom. The Bertz CT molecular complexity index is 3320. The number of hydrogen-bond donors (Lipinski definition) is 2. The summed E-state index contributed by atoms with van der Waals surface area (Å²) in [5, 5.41) is 14.2. The zero-order chi connectivity index (χ0) is 37.5. The van der Waals surface area contributed by atoms with Crippen molar-refractivity contribution in [3.63, 3.8) is 0 Å². The van der Waals surface area contributed by atoms with E-state index in [1.807, 2.05) is 24.3 Å². The summed E-state index contributed by atoms with van der Waals surface area (Å²) in [7, 11) is 0. The van der Waals surface area contributed by atoms with Crippen LogP contribution in [0, 0.1) is 0 Å². The zero-order valence-corrected chi connectivity index (χ0v) is 30.7. The molecule has 0 radical (unpaired) electrons. The first-order valence-electron chi connectivity index (χ1n) is 19.4. The van der Waals surface area contributed by atoms with Crippen molar-refractivity contribution < 1.29 is 8.83 Å². The Morgan fingerprint density at radius 1 is 0.491 bits per heavy atom. The highest BCUT2D eigenvalue weighted by molar-refractivity contribution is 6.15. The third kappa shape index (κ3) is 5.04. The van der Waals surface area contributed by atoms with Crippen LogP contribution in [0.5, 0.6) is 0 Å². The summed E-state index contributed by atoms with van der Waals surface area (Å²) in [6, 6.07) is 63.8. The van der Waals surface area contributed by atoms with Crippen molar-refractivity contribution in [2.75, 3.05) is 0 Å². The van der Waals surface area contributed by atoms with Crippen molar-refractivity contribution in [1.29, 1.82) is 0 Å². The lowest BCUT2D eigenvalue weighted by atomic mass is 9.97. The molecule has 2 atom stereocenters. The van der Waals surface area contributed by atoms with Crippen LogP contribution in [0.4, 0.5) is 0 Å². The van der Waals surface area contributed by atoms with Crippen LogP contribution in [0.2, 0.25) is 0 Å². The first-order valence-corrected chi connectivity index (χ1v) is 19.4. The maximum absolute atomic E-state index is 6.80. The number of amidine groups is 1. The summed E-state index contributed by atoms with van der Waals surface area (Å²) in [4.78, 5) is 5.24. The van der Waals surface area contributed by atoms with E-state index in [0.29, 0.717) is 0 Å². The van der Waals surface area contributed by atoms with E-state index in [-0.39, 0.29) is 12.3 Å². The normalized spacial score (nSPS) is 15.9. The summed E-state index contributed by atoms with van der Waals surface area (Å²) in [5.74, 6) is 0.837. The van der Waals surface area contributed by atoms with Crippen molar-refractivity contribution in [1.82, 2.24) is 15.2 Å². The van der Waals surface area contributed by atoms with Crippen LogP contribution in [0.15, 0.2) is 196 Å². The van der Waals surface area contributed by atoms with Gasteiger partial charge in [-0.05, 0) is 65.2 Å². The summed E-state index contributed by atoms with van der Waals surface area (Å²) >= 11 is 0. The molecule has 1 aliphatic heterocycles. The molecule has 8 aromatic carbocycles. The van der Waals surface area contributed by atoms with Gasteiger partial charge in [0.25, 0.3) is 0 Å². The largest absolute Gasteiger partial charge is 0.456 e. The van der Waals surface area contributed by atoms with E-state index in [1.54, 1.807) is 0 Å². The van der Waals surface area contributed by atoms with Crippen LogP contribution < -0.4 is 10.6 Å². The van der Waals surface area contributed by atoms with Crippen molar-refractivity contribution in [3.05, 3.63) is 199 Å². The van der Waals surface area contributed by atoms with Crippen molar-refractivity contribution in [3.8, 4) is 16.8 Å². The molecule has 0 fully saturated rings. The number of nitrogens with one attached hydrogen (secondary N) is 2. The Balaban J connectivity index is 0.997. The molecule has 0 spiro atoms. The van der Waals surface area contributed by atoms with Crippen LogP contribution in [0.3, 0.4) is 0 Å². The lowest BCUT2D eigenvalue weighted by molar-refractivity contribution is 0.408. The predicted octanol–water partition coefficient (Wildman–Crippen LogP) is 12.6. The molecular weight excluding hydrogens is 701 g/mol. The Kier molecular flexibility index (Phi) is 7.03. The van der Waals surface area contributed by atoms with E-state index in [4.69, 9.17) is 13.8 Å². The fourth-order valence-corrected chi connectivity index (χ4v) is 8.88. The molecule has 1 aliphatic rings. The van der Waals surface area contributed by atoms with E-state index in [0.717, 1.165) is 83.2 Å². The average Bonchev–Trinajstić information content (AvgIpc) is 3.96. The molecule has 4 heterocycles. The third-order valence-corrected chi connectivity index (χ3v) is 11.5. The monoisotopic (exact) mass is 734 g/mol. The molecule has 6 heteroatoms. The van der Waals surface area contributed by atoms with Gasteiger partial charge in [-0.1, -0.05) is 133 Å². The van der Waals surface area contributed by atoms with Crippen molar-refractivity contribution in [2.24, 2.45) is 4.99 Å². The fraction of sp³-hybridized carbons (Fsp3) is 0.0392. The van der Waals surface area contributed by atoms with Gasteiger partial charge in [-0.25, -0.2) is 4.99 Å². The topological polar surface area (TPSA) is 67.6 Å². The van der Waals surface area contributed by atoms with Gasteiger partial charge in [-0.3, -0.25) is 5.32 Å². The number of para-hydroxylation sites is 3. The Morgan fingerprint density at radius 3 is 1.95 bits per heavy atom. The number of aromatic nitrogens is 1. The molecular formula is C51H34N4O2. The van der Waals surface area contributed by atoms with Crippen LogP contribution in [-0.2, 0) is 0 Å². The van der Waals surface area contributed by atoms with Crippen LogP contribution in [0.25, 0.3) is 82.5 Å². The minimum Gasteiger partial charge on any atom is -0.456 e. The van der Waals surface area contributed by atoms with E-state index in [1.165, 1.54) is 21.8 Å². The quantitative estimate of drug-likeness (QED) is 0.185. The van der Waals surface area contributed by atoms with Gasteiger partial charge < -0.3 is 18.7 Å². The summed E-state index contributed by atoms with van der Waals surface area (Å²) in [5.41, 5.74) is 12.2. The molecule has 3 aromatic heterocycles. The van der Waals surface area contributed by atoms with Gasteiger partial charge in [0, 0.05) is 49.1 Å². The Hall–Kier alpha value is -7.41. The van der Waals surface area contributed by atoms with Gasteiger partial charge >= 0.3 is 0 Å². The van der Waals surface area contributed by atoms with Gasteiger partial charge in [0.1, 0.15) is 40.5 Å². The predicted molar refractivity (Wildman–Crippen MR) is 232 cm³/mol. The first kappa shape index (κ1) is 31.9. The molecule has 12 rings (SSSR count). The standard InChI is InChI=1S/C51H34N4O2/c1-3-13-31(14-4-1)49-52-50(32-15-5-2-6-16-32)54-51(53-49)39-21-11-20-38-47-35(19-12-24-46(47)57-48(38)39)33-25-27-44-40(29-33)41-30-34(26-28-45(41)56-44)55-42-22-9-7-17-36(42)37-18-8-10-23-43(37)55/h1-30,49,51,53H,(H,52,54). The lowest BCUT2D eigenvalue weighted by Gasteiger charge is -2.32. The van der Waals surface area contributed by atoms with Gasteiger partial charge in [0.05, 0.1) is 11.0 Å². The molecule has 0 bridgehead atoms. The van der Waals surface area contributed by atoms with Gasteiger partial charge in [0.2, 0.25) is 0 Å². The van der Waals surface area contributed by atoms with Gasteiger partial charge in [-0.15, -0.1) is 0 Å². The average molecular weight is 735 g/mol. The zero-order valence-electron chi connectivity index (χ0n) is 30.7. The van der Waals surface area contributed by atoms with Crippen molar-refractivity contribution in [2.45, 2.75) is 12.3 Å². The number of rotatable bonds is 5. The minimum absolute atomic E-state index is 0.147. The second-order valence-electron chi connectivity index (χ2n) is 14.8. The highest BCUT2D eigenvalue weighted by atomic mass is 16.3. The molecule has 2 N–H and O–H groups in total. The van der Waals surface area contributed by atoms with E-state index >= 15 is 0 Å². The highest BCUT2D eigenvalue weighted by Gasteiger charge is 2.28. The molecule has 11 aromatic rings. The minimum atomic E-state index is -0.350. The molecule has 2 unspecified atom stereocenters. The smallest absolute Gasteiger partial charge is 0.142 e. The van der Waals surface area contributed by atoms with E-state index in [9.17, 15) is 0 Å². The van der Waals surface area contributed by atoms with Gasteiger partial charge in [-0.2, -0.15) is 0 Å². The second kappa shape index (κ2) is 12.6.